The number of nitrogens with zero attached hydrogens (tertiary/aromatic N) is 2. The minimum Gasteiger partial charge on any atom is -0.338 e. The van der Waals surface area contributed by atoms with E-state index in [0.717, 1.165) is 12.1 Å². The van der Waals surface area contributed by atoms with E-state index < -0.39 is 23.4 Å². The Labute approximate surface area is 114 Å². The topological polar surface area (TPSA) is 59.0 Å². The number of urea groups is 1. The summed E-state index contributed by atoms with van der Waals surface area (Å²) in [6.07, 6.45) is 4.14. The average Bonchev–Trinajstić information content (AvgIpc) is 2.92. The fraction of sp³-hybridized carbons (Fsp3) is 0.231. The molecule has 20 heavy (non-hydrogen) atoms. The number of para-hydroxylation sites is 1. The zero-order chi connectivity index (χ0) is 14.4. The molecule has 0 aliphatic rings. The molecule has 0 unspecified atom stereocenters. The Bertz CT molecular complexity index is 552. The summed E-state index contributed by atoms with van der Waals surface area (Å²) in [5.74, 6) is -1.62. The lowest BCUT2D eigenvalue weighted by molar-refractivity contribution is 0.251. The number of anilines is 1. The van der Waals surface area contributed by atoms with Crippen molar-refractivity contribution in [2.75, 3.05) is 11.9 Å². The molecule has 0 fully saturated rings. The number of halogens is 2. The maximum Gasteiger partial charge on any atom is 0.319 e. The van der Waals surface area contributed by atoms with Gasteiger partial charge in [-0.05, 0) is 24.6 Å². The van der Waals surface area contributed by atoms with Crippen molar-refractivity contribution in [1.82, 2.24) is 15.1 Å². The maximum atomic E-state index is 13.3. The summed E-state index contributed by atoms with van der Waals surface area (Å²) >= 11 is 0. The Morgan fingerprint density at radius 1 is 1.25 bits per heavy atom. The van der Waals surface area contributed by atoms with Gasteiger partial charge < -0.3 is 10.6 Å². The van der Waals surface area contributed by atoms with E-state index in [1.165, 1.54) is 6.07 Å². The molecular formula is C13H14F2N4O. The van der Waals surface area contributed by atoms with Crippen LogP contribution in [0.2, 0.25) is 0 Å². The highest BCUT2D eigenvalue weighted by Gasteiger charge is 2.10. The maximum absolute atomic E-state index is 13.3. The number of amides is 2. The molecule has 0 bridgehead atoms. The van der Waals surface area contributed by atoms with Gasteiger partial charge in [0, 0.05) is 25.5 Å². The second-order valence-corrected chi connectivity index (χ2v) is 4.10. The molecule has 0 radical (unpaired) electrons. The molecule has 106 valence electrons. The minimum absolute atomic E-state index is 0.377. The third kappa shape index (κ3) is 3.78. The van der Waals surface area contributed by atoms with Gasteiger partial charge in [-0.1, -0.05) is 6.07 Å². The van der Waals surface area contributed by atoms with Gasteiger partial charge in [0.15, 0.2) is 0 Å². The molecule has 2 N–H and O–H groups in total. The molecule has 0 saturated heterocycles. The van der Waals surface area contributed by atoms with Crippen LogP contribution in [0, 0.1) is 11.6 Å². The molecule has 0 saturated carbocycles. The number of hydrogen-bond acceptors (Lipinski definition) is 2. The number of aryl methyl sites for hydroxylation is 1. The predicted octanol–water partition coefficient (Wildman–Crippen LogP) is 2.37. The molecule has 0 aliphatic carbocycles. The first-order chi connectivity index (χ1) is 9.66. The Kier molecular flexibility index (Phi) is 4.65. The first kappa shape index (κ1) is 14.0. The van der Waals surface area contributed by atoms with Gasteiger partial charge in [0.05, 0.1) is 0 Å². The van der Waals surface area contributed by atoms with E-state index in [0.29, 0.717) is 19.5 Å². The second-order valence-electron chi connectivity index (χ2n) is 4.10. The van der Waals surface area contributed by atoms with Crippen molar-refractivity contribution in [3.63, 3.8) is 0 Å². The van der Waals surface area contributed by atoms with Gasteiger partial charge in [-0.25, -0.2) is 13.6 Å². The summed E-state index contributed by atoms with van der Waals surface area (Å²) in [6.45, 7) is 1.03. The van der Waals surface area contributed by atoms with Crippen LogP contribution in [0.15, 0.2) is 36.7 Å². The molecule has 2 aromatic rings. The number of rotatable bonds is 5. The lowest BCUT2D eigenvalue weighted by atomic mass is 10.3. The highest BCUT2D eigenvalue weighted by Crippen LogP contribution is 2.17. The van der Waals surface area contributed by atoms with Crippen LogP contribution in [-0.2, 0) is 6.54 Å². The van der Waals surface area contributed by atoms with Crippen LogP contribution in [0.1, 0.15) is 6.42 Å². The standard InChI is InChI=1S/C13H14F2N4O/c14-10-4-1-5-11(15)12(10)18-13(20)16-6-2-8-19-9-3-7-17-19/h1,3-5,7,9H,2,6,8H2,(H2,16,18,20). The van der Waals surface area contributed by atoms with E-state index in [1.54, 1.807) is 16.9 Å². The van der Waals surface area contributed by atoms with Crippen molar-refractivity contribution in [3.05, 3.63) is 48.3 Å². The molecule has 0 aliphatic heterocycles. The van der Waals surface area contributed by atoms with Crippen molar-refractivity contribution in [1.29, 1.82) is 0 Å². The summed E-state index contributed by atoms with van der Waals surface area (Å²) in [5.41, 5.74) is -0.447. The number of carbonyl (C=O) groups is 1. The molecule has 5 nitrogen and oxygen atoms in total. The van der Waals surface area contributed by atoms with Crippen molar-refractivity contribution in [3.8, 4) is 0 Å². The van der Waals surface area contributed by atoms with Crippen LogP contribution in [0.5, 0.6) is 0 Å². The fourth-order valence-electron chi connectivity index (χ4n) is 1.65. The van der Waals surface area contributed by atoms with Gasteiger partial charge in [-0.3, -0.25) is 4.68 Å². The van der Waals surface area contributed by atoms with Crippen molar-refractivity contribution in [2.24, 2.45) is 0 Å². The van der Waals surface area contributed by atoms with Gasteiger partial charge in [-0.2, -0.15) is 5.10 Å². The largest absolute Gasteiger partial charge is 0.338 e. The van der Waals surface area contributed by atoms with E-state index in [1.807, 2.05) is 6.20 Å². The van der Waals surface area contributed by atoms with Gasteiger partial charge in [0.2, 0.25) is 0 Å². The molecule has 1 heterocycles. The summed E-state index contributed by atoms with van der Waals surface area (Å²) in [4.78, 5) is 11.5. The van der Waals surface area contributed by atoms with Gasteiger partial charge >= 0.3 is 6.03 Å². The third-order valence-corrected chi connectivity index (χ3v) is 2.61. The van der Waals surface area contributed by atoms with Crippen LogP contribution in [0.4, 0.5) is 19.3 Å². The molecule has 7 heteroatoms. The van der Waals surface area contributed by atoms with Crippen LogP contribution < -0.4 is 10.6 Å². The van der Waals surface area contributed by atoms with E-state index >= 15 is 0 Å². The number of hydrogen-bond donors (Lipinski definition) is 2. The van der Waals surface area contributed by atoms with E-state index in [4.69, 9.17) is 0 Å². The SMILES string of the molecule is O=C(NCCCn1cccn1)Nc1c(F)cccc1F. The number of nitrogens with one attached hydrogen (secondary N) is 2. The summed E-state index contributed by atoms with van der Waals surface area (Å²) < 4.78 is 28.3. The quantitative estimate of drug-likeness (QED) is 0.826. The molecule has 1 aromatic carbocycles. The van der Waals surface area contributed by atoms with Gasteiger partial charge in [0.25, 0.3) is 0 Å². The first-order valence-electron chi connectivity index (χ1n) is 6.13. The third-order valence-electron chi connectivity index (χ3n) is 2.61. The summed E-state index contributed by atoms with van der Waals surface area (Å²) in [6, 6.07) is 4.56. The van der Waals surface area contributed by atoms with Crippen LogP contribution in [0.25, 0.3) is 0 Å². The summed E-state index contributed by atoms with van der Waals surface area (Å²) in [5, 5.41) is 8.69. The Hall–Kier alpha value is -2.44. The average molecular weight is 280 g/mol. The van der Waals surface area contributed by atoms with Crippen LogP contribution in [-0.4, -0.2) is 22.4 Å². The van der Waals surface area contributed by atoms with E-state index in [-0.39, 0.29) is 0 Å². The zero-order valence-electron chi connectivity index (χ0n) is 10.6. The fourth-order valence-corrected chi connectivity index (χ4v) is 1.65. The minimum atomic E-state index is -0.809. The molecule has 1 aromatic heterocycles. The number of benzene rings is 1. The number of aromatic nitrogens is 2. The Morgan fingerprint density at radius 2 is 2.00 bits per heavy atom. The number of carbonyl (C=O) groups excluding carboxylic acids is 1. The summed E-state index contributed by atoms with van der Waals surface area (Å²) in [7, 11) is 0. The predicted molar refractivity (Wildman–Crippen MR) is 70.2 cm³/mol. The lowest BCUT2D eigenvalue weighted by Gasteiger charge is -2.09. The monoisotopic (exact) mass is 280 g/mol. The first-order valence-corrected chi connectivity index (χ1v) is 6.13. The van der Waals surface area contributed by atoms with Gasteiger partial charge in [0.1, 0.15) is 17.3 Å². The van der Waals surface area contributed by atoms with Crippen molar-refractivity contribution < 1.29 is 13.6 Å². The smallest absolute Gasteiger partial charge is 0.319 e. The van der Waals surface area contributed by atoms with Gasteiger partial charge in [-0.15, -0.1) is 0 Å². The highest BCUT2D eigenvalue weighted by molar-refractivity contribution is 5.89. The van der Waals surface area contributed by atoms with Crippen molar-refractivity contribution in [2.45, 2.75) is 13.0 Å². The lowest BCUT2D eigenvalue weighted by Crippen LogP contribution is -2.30. The van der Waals surface area contributed by atoms with E-state index in [2.05, 4.69) is 15.7 Å². The molecule has 0 atom stereocenters. The second kappa shape index (κ2) is 6.65. The normalized spacial score (nSPS) is 10.3. The molecule has 2 amide bonds. The van der Waals surface area contributed by atoms with E-state index in [9.17, 15) is 13.6 Å². The zero-order valence-corrected chi connectivity index (χ0v) is 10.6. The van der Waals surface area contributed by atoms with Crippen LogP contribution >= 0.6 is 0 Å². The van der Waals surface area contributed by atoms with Crippen molar-refractivity contribution >= 4 is 11.7 Å². The molecule has 0 spiro atoms. The Morgan fingerprint density at radius 3 is 2.65 bits per heavy atom. The van der Waals surface area contributed by atoms with Crippen LogP contribution in [0.3, 0.4) is 0 Å². The molecular weight excluding hydrogens is 266 g/mol. The Balaban J connectivity index is 1.75. The molecule has 2 rings (SSSR count). The highest BCUT2D eigenvalue weighted by atomic mass is 19.1.